The van der Waals surface area contributed by atoms with E-state index in [1.807, 2.05) is 9.80 Å². The summed E-state index contributed by atoms with van der Waals surface area (Å²) in [6.45, 7) is 8.26. The summed E-state index contributed by atoms with van der Waals surface area (Å²) in [6.07, 6.45) is 5.51. The lowest BCUT2D eigenvalue weighted by Crippen LogP contribution is -2.51. The molecule has 0 spiro atoms. The number of carboxylic acid groups (broad SMARTS) is 2. The molecule has 0 aliphatic carbocycles. The van der Waals surface area contributed by atoms with Crippen LogP contribution >= 0.6 is 0 Å². The molecule has 0 aromatic heterocycles. The van der Waals surface area contributed by atoms with Crippen LogP contribution in [0.5, 0.6) is 0 Å². The molecule has 2 amide bonds. The van der Waals surface area contributed by atoms with Crippen LogP contribution in [-0.2, 0) is 24.0 Å². The molecule has 0 radical (unpaired) electrons. The Morgan fingerprint density at radius 2 is 1.12 bits per heavy atom. The van der Waals surface area contributed by atoms with Gasteiger partial charge in [0.2, 0.25) is 11.8 Å². The molecule has 2 aliphatic heterocycles. The molecule has 0 saturated carbocycles. The molecular weight excluding hydrogens is 546 g/mol. The first kappa shape index (κ1) is 35.5. The van der Waals surface area contributed by atoms with Crippen LogP contribution in [0.25, 0.3) is 0 Å². The second-order valence-corrected chi connectivity index (χ2v) is 11.3. The lowest BCUT2D eigenvalue weighted by molar-refractivity contribution is -0.139. The van der Waals surface area contributed by atoms with E-state index in [4.69, 9.17) is 0 Å². The van der Waals surface area contributed by atoms with Crippen molar-refractivity contribution in [1.82, 2.24) is 35.1 Å². The Kier molecular flexibility index (Phi) is 17.2. The van der Waals surface area contributed by atoms with Crippen molar-refractivity contribution in [2.75, 3.05) is 105 Å². The van der Waals surface area contributed by atoms with Gasteiger partial charge in [0.05, 0.1) is 32.7 Å². The summed E-state index contributed by atoms with van der Waals surface area (Å²) in [5.41, 5.74) is 0. The predicted molar refractivity (Wildman–Crippen MR) is 157 cm³/mol. The molecule has 2 aliphatic rings. The van der Waals surface area contributed by atoms with Crippen molar-refractivity contribution in [3.63, 3.8) is 0 Å². The molecule has 0 bridgehead atoms. The van der Waals surface area contributed by atoms with Gasteiger partial charge in [-0.2, -0.15) is 0 Å². The number of carbonyl (C=O) groups excluding carboxylic acids is 3. The molecule has 4 N–H and O–H groups in total. The minimum Gasteiger partial charge on any atom is -0.480 e. The monoisotopic (exact) mass is 597 g/mol. The number of carbonyl (C=O) groups is 5. The summed E-state index contributed by atoms with van der Waals surface area (Å²) in [7, 11) is 0. The van der Waals surface area contributed by atoms with Crippen molar-refractivity contribution in [3.8, 4) is 0 Å². The third-order valence-corrected chi connectivity index (χ3v) is 7.77. The van der Waals surface area contributed by atoms with Crippen LogP contribution in [0.15, 0.2) is 0 Å². The van der Waals surface area contributed by atoms with Crippen LogP contribution in [-0.4, -0.2) is 176 Å². The number of aldehydes is 1. The summed E-state index contributed by atoms with van der Waals surface area (Å²) < 4.78 is 0. The summed E-state index contributed by atoms with van der Waals surface area (Å²) in [4.78, 5) is 68.8. The summed E-state index contributed by atoms with van der Waals surface area (Å²) >= 11 is 0. The number of rotatable bonds is 15. The highest BCUT2D eigenvalue weighted by atomic mass is 16.4. The Bertz CT molecular complexity index is 822. The standard InChI is InChI=1S/C28H51N7O7/c1-2-3-4-7-29-25(37)20-32-8-5-24(6-9-32)30-26(38)21-33-14-16-34(22-27(39)40)12-10-31(18-19-36)11-13-35(17-15-33)23-28(41)42/h19,24H,2-18,20-23H2,1H3,(H,29,37)(H,30,38)(H,39,40)(H,41,42). The quantitative estimate of drug-likeness (QED) is 0.127. The van der Waals surface area contributed by atoms with Crippen LogP contribution in [0.2, 0.25) is 0 Å². The number of hydrogen-bond donors (Lipinski definition) is 4. The van der Waals surface area contributed by atoms with Gasteiger partial charge >= 0.3 is 11.9 Å². The number of nitrogens with zero attached hydrogens (tertiary/aromatic N) is 5. The van der Waals surface area contributed by atoms with Gasteiger partial charge in [-0.15, -0.1) is 0 Å². The molecule has 0 atom stereocenters. The van der Waals surface area contributed by atoms with Crippen LogP contribution in [0.4, 0.5) is 0 Å². The van der Waals surface area contributed by atoms with Gasteiger partial charge in [-0.1, -0.05) is 19.8 Å². The minimum absolute atomic E-state index is 0.0182. The van der Waals surface area contributed by atoms with E-state index in [-0.39, 0.29) is 44.0 Å². The second-order valence-electron chi connectivity index (χ2n) is 11.3. The number of likely N-dealkylation sites (tertiary alicyclic amines) is 1. The highest BCUT2D eigenvalue weighted by Crippen LogP contribution is 2.10. The first-order valence-electron chi connectivity index (χ1n) is 15.2. The number of unbranched alkanes of at least 4 members (excludes halogenated alkanes) is 2. The van der Waals surface area contributed by atoms with Crippen molar-refractivity contribution >= 4 is 30.0 Å². The summed E-state index contributed by atoms with van der Waals surface area (Å²) in [6, 6.07) is 0.0182. The van der Waals surface area contributed by atoms with E-state index in [9.17, 15) is 34.2 Å². The predicted octanol–water partition coefficient (Wildman–Crippen LogP) is -1.54. The number of piperidine rings is 1. The van der Waals surface area contributed by atoms with Crippen LogP contribution < -0.4 is 10.6 Å². The second kappa shape index (κ2) is 20.3. The van der Waals surface area contributed by atoms with Gasteiger partial charge in [0.1, 0.15) is 6.29 Å². The maximum Gasteiger partial charge on any atom is 0.317 e. The molecule has 14 nitrogen and oxygen atoms in total. The van der Waals surface area contributed by atoms with E-state index in [2.05, 4.69) is 22.5 Å². The van der Waals surface area contributed by atoms with E-state index in [0.717, 1.165) is 51.5 Å². The molecule has 0 unspecified atom stereocenters. The van der Waals surface area contributed by atoms with Gasteiger partial charge in [-0.05, 0) is 19.3 Å². The van der Waals surface area contributed by atoms with E-state index in [0.29, 0.717) is 65.4 Å². The van der Waals surface area contributed by atoms with E-state index >= 15 is 0 Å². The fourth-order valence-electron chi connectivity index (χ4n) is 5.30. The minimum atomic E-state index is -0.943. The highest BCUT2D eigenvalue weighted by molar-refractivity contribution is 5.78. The Morgan fingerprint density at radius 1 is 0.667 bits per heavy atom. The highest BCUT2D eigenvalue weighted by Gasteiger charge is 2.24. The van der Waals surface area contributed by atoms with Crippen LogP contribution in [0, 0.1) is 0 Å². The Morgan fingerprint density at radius 3 is 1.60 bits per heavy atom. The summed E-state index contributed by atoms with van der Waals surface area (Å²) in [5.74, 6) is -1.97. The zero-order chi connectivity index (χ0) is 30.7. The van der Waals surface area contributed by atoms with Crippen molar-refractivity contribution < 1.29 is 34.2 Å². The normalized spacial score (nSPS) is 19.8. The third kappa shape index (κ3) is 15.5. The van der Waals surface area contributed by atoms with Gasteiger partial charge < -0.3 is 25.6 Å². The largest absolute Gasteiger partial charge is 0.480 e. The molecule has 0 aromatic rings. The molecular formula is C28H51N7O7. The average molecular weight is 598 g/mol. The van der Waals surface area contributed by atoms with Gasteiger partial charge in [0.15, 0.2) is 0 Å². The van der Waals surface area contributed by atoms with E-state index in [1.165, 1.54) is 0 Å². The maximum absolute atomic E-state index is 13.0. The first-order chi connectivity index (χ1) is 20.2. The Labute approximate surface area is 249 Å². The van der Waals surface area contributed by atoms with E-state index < -0.39 is 11.9 Å². The maximum atomic E-state index is 13.0. The fourth-order valence-corrected chi connectivity index (χ4v) is 5.30. The number of carboxylic acids is 2. The zero-order valence-electron chi connectivity index (χ0n) is 25.2. The fraction of sp³-hybridized carbons (Fsp3) is 0.821. The number of nitrogens with one attached hydrogen (secondary N) is 2. The Balaban J connectivity index is 1.90. The third-order valence-electron chi connectivity index (χ3n) is 7.77. The molecule has 42 heavy (non-hydrogen) atoms. The van der Waals surface area contributed by atoms with Gasteiger partial charge in [-0.25, -0.2) is 0 Å². The summed E-state index contributed by atoms with van der Waals surface area (Å²) in [5, 5.41) is 24.9. The molecule has 2 saturated heterocycles. The smallest absolute Gasteiger partial charge is 0.317 e. The molecule has 2 fully saturated rings. The van der Waals surface area contributed by atoms with Crippen LogP contribution in [0.1, 0.15) is 39.0 Å². The molecule has 2 rings (SSSR count). The van der Waals surface area contributed by atoms with Crippen molar-refractivity contribution in [2.24, 2.45) is 0 Å². The van der Waals surface area contributed by atoms with Gasteiger partial charge in [-0.3, -0.25) is 43.7 Å². The van der Waals surface area contributed by atoms with Gasteiger partial charge in [0, 0.05) is 78.0 Å². The molecule has 14 heteroatoms. The lowest BCUT2D eigenvalue weighted by Gasteiger charge is -2.34. The zero-order valence-corrected chi connectivity index (χ0v) is 25.2. The number of hydrogen-bond acceptors (Lipinski definition) is 10. The lowest BCUT2D eigenvalue weighted by atomic mass is 10.0. The Hall–Kier alpha value is -2.65. The first-order valence-corrected chi connectivity index (χ1v) is 15.2. The van der Waals surface area contributed by atoms with Crippen molar-refractivity contribution in [3.05, 3.63) is 0 Å². The van der Waals surface area contributed by atoms with Gasteiger partial charge in [0.25, 0.3) is 0 Å². The molecule has 240 valence electrons. The van der Waals surface area contributed by atoms with Crippen molar-refractivity contribution in [2.45, 2.75) is 45.1 Å². The molecule has 2 heterocycles. The average Bonchev–Trinajstić information content (AvgIpc) is 2.93. The topological polar surface area (TPSA) is 166 Å². The number of aliphatic carboxylic acids is 2. The van der Waals surface area contributed by atoms with E-state index in [1.54, 1.807) is 9.80 Å². The number of amides is 2. The van der Waals surface area contributed by atoms with Crippen LogP contribution in [0.3, 0.4) is 0 Å². The SMILES string of the molecule is CCCCCNC(=O)CN1CCC(NC(=O)CN2CCN(CC(=O)O)CCN(CC=O)CCN(CC(=O)O)CC2)CC1. The van der Waals surface area contributed by atoms with Crippen molar-refractivity contribution in [1.29, 1.82) is 0 Å². The molecule has 0 aromatic carbocycles.